The Morgan fingerprint density at radius 3 is 3.11 bits per heavy atom. The maximum atomic E-state index is 11.9. The van der Waals surface area contributed by atoms with Crippen LogP contribution in [-0.2, 0) is 4.79 Å². The maximum absolute atomic E-state index is 11.9. The third kappa shape index (κ3) is 3.51. The van der Waals surface area contributed by atoms with Crippen LogP contribution in [0.1, 0.15) is 19.0 Å². The molecule has 1 aromatic heterocycles. The molecule has 0 spiro atoms. The minimum absolute atomic E-state index is 0.0260. The van der Waals surface area contributed by atoms with E-state index in [0.717, 1.165) is 31.7 Å². The molecule has 6 heteroatoms. The first-order valence-corrected chi connectivity index (χ1v) is 7.23. The lowest BCUT2D eigenvalue weighted by Crippen LogP contribution is -2.41. The quantitative estimate of drug-likeness (QED) is 0.839. The molecule has 0 radical (unpaired) electrons. The second-order valence-corrected chi connectivity index (χ2v) is 5.41. The summed E-state index contributed by atoms with van der Waals surface area (Å²) in [5, 5.41) is 8.82. The number of thiazole rings is 1. The predicted molar refractivity (Wildman–Crippen MR) is 74.0 cm³/mol. The summed E-state index contributed by atoms with van der Waals surface area (Å²) in [6.45, 7) is 7.40. The summed E-state index contributed by atoms with van der Waals surface area (Å²) in [4.78, 5) is 18.4. The molecule has 1 saturated heterocycles. The van der Waals surface area contributed by atoms with Gasteiger partial charge in [0.15, 0.2) is 5.13 Å². The largest absolute Gasteiger partial charge is 0.315 e. The van der Waals surface area contributed by atoms with Crippen molar-refractivity contribution in [2.75, 3.05) is 31.5 Å². The van der Waals surface area contributed by atoms with Crippen molar-refractivity contribution in [2.24, 2.45) is 0 Å². The fraction of sp³-hybridized carbons (Fsp3) is 0.667. The van der Waals surface area contributed by atoms with Crippen LogP contribution < -0.4 is 10.6 Å². The minimum atomic E-state index is 0.0260. The Kier molecular flexibility index (Phi) is 4.68. The lowest BCUT2D eigenvalue weighted by molar-refractivity contribution is -0.117. The summed E-state index contributed by atoms with van der Waals surface area (Å²) >= 11 is 1.47. The first-order chi connectivity index (χ1) is 8.69. The number of rotatable bonds is 5. The van der Waals surface area contributed by atoms with E-state index < -0.39 is 0 Å². The molecule has 0 saturated carbocycles. The number of hydrogen-bond acceptors (Lipinski definition) is 5. The van der Waals surface area contributed by atoms with Crippen LogP contribution in [0, 0.1) is 6.92 Å². The average Bonchev–Trinajstić information content (AvgIpc) is 2.98. The van der Waals surface area contributed by atoms with E-state index in [-0.39, 0.29) is 5.91 Å². The van der Waals surface area contributed by atoms with E-state index >= 15 is 0 Å². The number of carbonyl (C=O) groups excluding carboxylic acids is 1. The minimum Gasteiger partial charge on any atom is -0.315 e. The van der Waals surface area contributed by atoms with Gasteiger partial charge in [-0.1, -0.05) is 6.92 Å². The summed E-state index contributed by atoms with van der Waals surface area (Å²) in [6.07, 6.45) is 1.12. The Morgan fingerprint density at radius 1 is 1.72 bits per heavy atom. The van der Waals surface area contributed by atoms with E-state index in [1.165, 1.54) is 11.3 Å². The van der Waals surface area contributed by atoms with Gasteiger partial charge in [-0.3, -0.25) is 9.69 Å². The Labute approximate surface area is 112 Å². The summed E-state index contributed by atoms with van der Waals surface area (Å²) in [6, 6.07) is 0.485. The average molecular weight is 268 g/mol. The predicted octanol–water partition coefficient (Wildman–Crippen LogP) is 1.07. The summed E-state index contributed by atoms with van der Waals surface area (Å²) in [5.41, 5.74) is 0.947. The van der Waals surface area contributed by atoms with E-state index in [1.54, 1.807) is 0 Å². The number of aromatic nitrogens is 1. The van der Waals surface area contributed by atoms with Crippen molar-refractivity contribution < 1.29 is 4.79 Å². The van der Waals surface area contributed by atoms with Crippen LogP contribution in [0.2, 0.25) is 0 Å². The zero-order valence-electron chi connectivity index (χ0n) is 10.9. The lowest BCUT2D eigenvalue weighted by atomic mass is 10.2. The molecule has 100 valence electrons. The highest BCUT2D eigenvalue weighted by atomic mass is 32.1. The second-order valence-electron chi connectivity index (χ2n) is 4.55. The standard InChI is InChI=1S/C12H20N4OS/c1-3-16(10-4-5-13-6-10)7-11(17)15-12-14-9(2)8-18-12/h8,10,13H,3-7H2,1-2H3,(H,14,15,17). The first kappa shape index (κ1) is 13.5. The molecule has 1 unspecified atom stereocenters. The zero-order chi connectivity index (χ0) is 13.0. The third-order valence-corrected chi connectivity index (χ3v) is 4.04. The third-order valence-electron chi connectivity index (χ3n) is 3.17. The van der Waals surface area contributed by atoms with Gasteiger partial charge >= 0.3 is 0 Å². The molecule has 1 aliphatic rings. The molecule has 0 aromatic carbocycles. The van der Waals surface area contributed by atoms with Crippen LogP contribution in [0.15, 0.2) is 5.38 Å². The Balaban J connectivity index is 1.85. The topological polar surface area (TPSA) is 57.3 Å². The molecule has 1 fully saturated rings. The van der Waals surface area contributed by atoms with Gasteiger partial charge in [0.1, 0.15) is 0 Å². The van der Waals surface area contributed by atoms with Crippen molar-refractivity contribution in [3.63, 3.8) is 0 Å². The van der Waals surface area contributed by atoms with Crippen molar-refractivity contribution in [1.29, 1.82) is 0 Å². The number of nitrogens with one attached hydrogen (secondary N) is 2. The number of aryl methyl sites for hydroxylation is 1. The molecule has 2 N–H and O–H groups in total. The van der Waals surface area contributed by atoms with Gasteiger partial charge in [0.05, 0.1) is 12.2 Å². The highest BCUT2D eigenvalue weighted by Crippen LogP contribution is 2.14. The zero-order valence-corrected chi connectivity index (χ0v) is 11.7. The first-order valence-electron chi connectivity index (χ1n) is 6.35. The molecule has 1 aliphatic heterocycles. The number of nitrogens with zero attached hydrogens (tertiary/aromatic N) is 2. The molecule has 0 bridgehead atoms. The van der Waals surface area contributed by atoms with Crippen LogP contribution in [0.4, 0.5) is 5.13 Å². The van der Waals surface area contributed by atoms with Gasteiger partial charge in [0, 0.05) is 18.0 Å². The number of amides is 1. The molecule has 2 heterocycles. The molecule has 1 aromatic rings. The van der Waals surface area contributed by atoms with Gasteiger partial charge in [0.25, 0.3) is 0 Å². The molecule has 1 amide bonds. The molecule has 2 rings (SSSR count). The second kappa shape index (κ2) is 6.26. The SMILES string of the molecule is CCN(CC(=O)Nc1nc(C)cs1)C1CCNC1. The molecular weight excluding hydrogens is 248 g/mol. The maximum Gasteiger partial charge on any atom is 0.240 e. The van der Waals surface area contributed by atoms with Crippen LogP contribution in [-0.4, -0.2) is 48.0 Å². The van der Waals surface area contributed by atoms with E-state index in [9.17, 15) is 4.79 Å². The number of hydrogen-bond donors (Lipinski definition) is 2. The smallest absolute Gasteiger partial charge is 0.240 e. The van der Waals surface area contributed by atoms with E-state index in [4.69, 9.17) is 0 Å². The monoisotopic (exact) mass is 268 g/mol. The van der Waals surface area contributed by atoms with Gasteiger partial charge in [0.2, 0.25) is 5.91 Å². The Morgan fingerprint density at radius 2 is 2.56 bits per heavy atom. The van der Waals surface area contributed by atoms with Crippen molar-refractivity contribution in [2.45, 2.75) is 26.3 Å². The van der Waals surface area contributed by atoms with Gasteiger partial charge in [-0.2, -0.15) is 0 Å². The highest BCUT2D eigenvalue weighted by Gasteiger charge is 2.22. The Hall–Kier alpha value is -0.980. The molecule has 18 heavy (non-hydrogen) atoms. The fourth-order valence-corrected chi connectivity index (χ4v) is 2.91. The molecule has 1 atom stereocenters. The summed E-state index contributed by atoms with van der Waals surface area (Å²) < 4.78 is 0. The van der Waals surface area contributed by atoms with Gasteiger partial charge in [-0.05, 0) is 26.4 Å². The summed E-state index contributed by atoms with van der Waals surface area (Å²) in [7, 11) is 0. The van der Waals surface area contributed by atoms with Crippen molar-refractivity contribution in [3.05, 3.63) is 11.1 Å². The highest BCUT2D eigenvalue weighted by molar-refractivity contribution is 7.13. The van der Waals surface area contributed by atoms with Gasteiger partial charge in [-0.15, -0.1) is 11.3 Å². The van der Waals surface area contributed by atoms with Crippen molar-refractivity contribution in [3.8, 4) is 0 Å². The lowest BCUT2D eigenvalue weighted by Gasteiger charge is -2.25. The molecular formula is C12H20N4OS. The van der Waals surface area contributed by atoms with Crippen LogP contribution in [0.3, 0.4) is 0 Å². The van der Waals surface area contributed by atoms with Crippen LogP contribution in [0.5, 0.6) is 0 Å². The van der Waals surface area contributed by atoms with Crippen molar-refractivity contribution in [1.82, 2.24) is 15.2 Å². The Bertz CT molecular complexity index is 401. The molecule has 0 aliphatic carbocycles. The molecule has 5 nitrogen and oxygen atoms in total. The van der Waals surface area contributed by atoms with Gasteiger partial charge < -0.3 is 10.6 Å². The number of anilines is 1. The van der Waals surface area contributed by atoms with Crippen LogP contribution >= 0.6 is 11.3 Å². The normalized spacial score (nSPS) is 19.4. The summed E-state index contributed by atoms with van der Waals surface area (Å²) in [5.74, 6) is 0.0260. The van der Waals surface area contributed by atoms with E-state index in [2.05, 4.69) is 27.4 Å². The van der Waals surface area contributed by atoms with E-state index in [0.29, 0.717) is 17.7 Å². The van der Waals surface area contributed by atoms with Crippen LogP contribution in [0.25, 0.3) is 0 Å². The van der Waals surface area contributed by atoms with E-state index in [1.807, 2.05) is 12.3 Å². The number of carbonyl (C=O) groups is 1. The number of likely N-dealkylation sites (N-methyl/N-ethyl adjacent to an activating group) is 1. The fourth-order valence-electron chi connectivity index (χ4n) is 2.20. The van der Waals surface area contributed by atoms with Crippen molar-refractivity contribution >= 4 is 22.4 Å². The van der Waals surface area contributed by atoms with Gasteiger partial charge in [-0.25, -0.2) is 4.98 Å².